The topological polar surface area (TPSA) is 72.3 Å². The summed E-state index contributed by atoms with van der Waals surface area (Å²) in [5.41, 5.74) is 2.04. The number of amides is 1. The third-order valence-corrected chi connectivity index (χ3v) is 5.41. The summed E-state index contributed by atoms with van der Waals surface area (Å²) >= 11 is 0. The Morgan fingerprint density at radius 1 is 1.31 bits per heavy atom. The van der Waals surface area contributed by atoms with Crippen LogP contribution in [0.1, 0.15) is 29.7 Å². The maximum Gasteiger partial charge on any atom is 0.248 e. The minimum Gasteiger partial charge on any atom is -0.370 e. The summed E-state index contributed by atoms with van der Waals surface area (Å²) in [4.78, 5) is 15.3. The Morgan fingerprint density at radius 2 is 2.12 bits per heavy atom. The molecule has 2 aliphatic rings. The molecule has 0 saturated carbocycles. The molecule has 0 bridgehead atoms. The van der Waals surface area contributed by atoms with Crippen molar-refractivity contribution in [3.8, 4) is 0 Å². The lowest BCUT2D eigenvalue weighted by atomic mass is 9.99. The second kappa shape index (κ2) is 6.81. The van der Waals surface area contributed by atoms with Crippen LogP contribution in [0.3, 0.4) is 0 Å². The number of carbonyl (C=O) groups is 1. The second-order valence-electron chi connectivity index (χ2n) is 7.32. The van der Waals surface area contributed by atoms with Gasteiger partial charge in [0.25, 0.3) is 0 Å². The molecule has 0 radical (unpaired) electrons. The van der Waals surface area contributed by atoms with Crippen LogP contribution in [0.2, 0.25) is 0 Å². The molecule has 138 valence electrons. The molecular formula is C19H25N5O2. The fourth-order valence-corrected chi connectivity index (χ4v) is 3.98. The minimum absolute atomic E-state index is 0.0428. The Labute approximate surface area is 153 Å². The van der Waals surface area contributed by atoms with E-state index in [0.717, 1.165) is 31.9 Å². The zero-order valence-electron chi connectivity index (χ0n) is 15.4. The Morgan fingerprint density at radius 3 is 2.96 bits per heavy atom. The number of nitrogens with one attached hydrogen (secondary N) is 1. The van der Waals surface area contributed by atoms with Crippen molar-refractivity contribution in [2.75, 3.05) is 26.2 Å². The van der Waals surface area contributed by atoms with Gasteiger partial charge < -0.3 is 10.1 Å². The van der Waals surface area contributed by atoms with E-state index in [1.807, 2.05) is 18.4 Å². The van der Waals surface area contributed by atoms with Crippen LogP contribution in [0, 0.1) is 6.92 Å². The molecule has 0 aliphatic carbocycles. The van der Waals surface area contributed by atoms with Crippen molar-refractivity contribution in [3.05, 3.63) is 47.0 Å². The van der Waals surface area contributed by atoms with Gasteiger partial charge in [-0.1, -0.05) is 24.3 Å². The molecule has 1 N–H and O–H groups in total. The monoisotopic (exact) mass is 355 g/mol. The van der Waals surface area contributed by atoms with Crippen molar-refractivity contribution in [1.29, 1.82) is 0 Å². The van der Waals surface area contributed by atoms with Gasteiger partial charge in [-0.15, -0.1) is 10.2 Å². The number of fused-ring (bicyclic) bond motifs is 2. The fraction of sp³-hybridized carbons (Fsp3) is 0.526. The SMILES string of the molecule is Cc1nnc2n1C(C)(C(=O)NCCN1CCc3ccccc3C1)COC2. The summed E-state index contributed by atoms with van der Waals surface area (Å²) in [6, 6.07) is 8.59. The summed E-state index contributed by atoms with van der Waals surface area (Å²) in [6.07, 6.45) is 1.07. The summed E-state index contributed by atoms with van der Waals surface area (Å²) in [5.74, 6) is 1.41. The second-order valence-corrected chi connectivity index (χ2v) is 7.32. The van der Waals surface area contributed by atoms with E-state index in [4.69, 9.17) is 4.74 Å². The lowest BCUT2D eigenvalue weighted by molar-refractivity contribution is -0.135. The third kappa shape index (κ3) is 3.01. The molecular weight excluding hydrogens is 330 g/mol. The predicted molar refractivity (Wildman–Crippen MR) is 96.5 cm³/mol. The van der Waals surface area contributed by atoms with E-state index in [1.54, 1.807) is 0 Å². The standard InChI is InChI=1S/C19H25N5O2/c1-14-21-22-17-12-26-13-19(2,24(14)17)18(25)20-8-10-23-9-7-15-5-3-4-6-16(15)11-23/h3-6H,7-13H2,1-2H3,(H,20,25). The van der Waals surface area contributed by atoms with Crippen LogP contribution in [-0.2, 0) is 34.6 Å². The Balaban J connectivity index is 1.36. The molecule has 2 aromatic rings. The number of hydrogen-bond donors (Lipinski definition) is 1. The van der Waals surface area contributed by atoms with E-state index in [-0.39, 0.29) is 5.91 Å². The van der Waals surface area contributed by atoms with Crippen molar-refractivity contribution in [2.24, 2.45) is 0 Å². The third-order valence-electron chi connectivity index (χ3n) is 5.41. The lowest BCUT2D eigenvalue weighted by Crippen LogP contribution is -2.53. The van der Waals surface area contributed by atoms with Gasteiger partial charge in [0.2, 0.25) is 5.91 Å². The average Bonchev–Trinajstić information content (AvgIpc) is 3.04. The first kappa shape index (κ1) is 17.2. The summed E-state index contributed by atoms with van der Waals surface area (Å²) in [6.45, 7) is 7.93. The Bertz CT molecular complexity index is 818. The van der Waals surface area contributed by atoms with Gasteiger partial charge in [-0.2, -0.15) is 0 Å². The van der Waals surface area contributed by atoms with Crippen molar-refractivity contribution >= 4 is 5.91 Å². The largest absolute Gasteiger partial charge is 0.370 e. The molecule has 4 rings (SSSR count). The number of carbonyl (C=O) groups excluding carboxylic acids is 1. The van der Waals surface area contributed by atoms with Gasteiger partial charge in [-0.3, -0.25) is 14.3 Å². The molecule has 0 spiro atoms. The number of benzene rings is 1. The van der Waals surface area contributed by atoms with Gasteiger partial charge in [0.05, 0.1) is 6.61 Å². The van der Waals surface area contributed by atoms with Crippen LogP contribution in [0.5, 0.6) is 0 Å². The van der Waals surface area contributed by atoms with Gasteiger partial charge in [0.1, 0.15) is 18.0 Å². The molecule has 7 heteroatoms. The molecule has 26 heavy (non-hydrogen) atoms. The predicted octanol–water partition coefficient (Wildman–Crippen LogP) is 1.01. The number of rotatable bonds is 4. The normalized spacial score (nSPS) is 22.5. The Hall–Kier alpha value is -2.25. The van der Waals surface area contributed by atoms with Crippen LogP contribution >= 0.6 is 0 Å². The maximum absolute atomic E-state index is 12.9. The summed E-state index contributed by atoms with van der Waals surface area (Å²) in [7, 11) is 0. The average molecular weight is 355 g/mol. The van der Waals surface area contributed by atoms with Gasteiger partial charge in [-0.25, -0.2) is 0 Å². The van der Waals surface area contributed by atoms with E-state index < -0.39 is 5.54 Å². The summed E-state index contributed by atoms with van der Waals surface area (Å²) in [5, 5.41) is 11.3. The molecule has 2 aliphatic heterocycles. The number of nitrogens with zero attached hydrogens (tertiary/aromatic N) is 4. The van der Waals surface area contributed by atoms with Crippen molar-refractivity contribution in [3.63, 3.8) is 0 Å². The highest BCUT2D eigenvalue weighted by Gasteiger charge is 2.41. The smallest absolute Gasteiger partial charge is 0.248 e. The van der Waals surface area contributed by atoms with Crippen LogP contribution in [-0.4, -0.2) is 51.8 Å². The molecule has 7 nitrogen and oxygen atoms in total. The number of ether oxygens (including phenoxy) is 1. The van der Waals surface area contributed by atoms with Gasteiger partial charge in [0, 0.05) is 26.2 Å². The highest BCUT2D eigenvalue weighted by molar-refractivity contribution is 5.84. The Kier molecular flexibility index (Phi) is 4.50. The number of hydrogen-bond acceptors (Lipinski definition) is 5. The quantitative estimate of drug-likeness (QED) is 0.886. The van der Waals surface area contributed by atoms with Crippen LogP contribution in [0.15, 0.2) is 24.3 Å². The molecule has 1 aromatic heterocycles. The fourth-order valence-electron chi connectivity index (χ4n) is 3.98. The van der Waals surface area contributed by atoms with Crippen molar-refractivity contribution < 1.29 is 9.53 Å². The molecule has 0 fully saturated rings. The molecule has 1 aromatic carbocycles. The first-order valence-corrected chi connectivity index (χ1v) is 9.14. The molecule has 1 atom stereocenters. The van der Waals surface area contributed by atoms with Gasteiger partial charge in [-0.05, 0) is 31.4 Å². The van der Waals surface area contributed by atoms with Crippen LogP contribution in [0.4, 0.5) is 0 Å². The van der Waals surface area contributed by atoms with Gasteiger partial charge >= 0.3 is 0 Å². The molecule has 3 heterocycles. The highest BCUT2D eigenvalue weighted by Crippen LogP contribution is 2.26. The number of aromatic nitrogens is 3. The molecule has 1 amide bonds. The highest BCUT2D eigenvalue weighted by atomic mass is 16.5. The molecule has 1 unspecified atom stereocenters. The zero-order chi connectivity index (χ0) is 18.1. The van der Waals surface area contributed by atoms with Crippen molar-refractivity contribution in [1.82, 2.24) is 25.0 Å². The van der Waals surface area contributed by atoms with Crippen LogP contribution in [0.25, 0.3) is 0 Å². The number of aryl methyl sites for hydroxylation is 1. The van der Waals surface area contributed by atoms with E-state index in [1.165, 1.54) is 11.1 Å². The minimum atomic E-state index is -0.796. The van der Waals surface area contributed by atoms with Gasteiger partial charge in [0.15, 0.2) is 5.82 Å². The molecule has 0 saturated heterocycles. The summed E-state index contributed by atoms with van der Waals surface area (Å²) < 4.78 is 7.49. The van der Waals surface area contributed by atoms with E-state index in [0.29, 0.717) is 25.6 Å². The van der Waals surface area contributed by atoms with E-state index in [2.05, 4.69) is 44.7 Å². The van der Waals surface area contributed by atoms with E-state index >= 15 is 0 Å². The first-order chi connectivity index (χ1) is 12.6. The van der Waals surface area contributed by atoms with E-state index in [9.17, 15) is 4.79 Å². The lowest BCUT2D eigenvalue weighted by Gasteiger charge is -2.35. The first-order valence-electron chi connectivity index (χ1n) is 9.14. The maximum atomic E-state index is 12.9. The van der Waals surface area contributed by atoms with Crippen LogP contribution < -0.4 is 5.32 Å². The van der Waals surface area contributed by atoms with Crippen molar-refractivity contribution in [2.45, 2.75) is 39.0 Å². The zero-order valence-corrected chi connectivity index (χ0v) is 15.4.